The summed E-state index contributed by atoms with van der Waals surface area (Å²) in [6, 6.07) is 0. The van der Waals surface area contributed by atoms with Crippen molar-refractivity contribution in [3.05, 3.63) is 0 Å². The molecule has 0 aromatic rings. The van der Waals surface area contributed by atoms with E-state index in [1.54, 1.807) is 0 Å². The number of likely N-dealkylation sites (tertiary alicyclic amines) is 1. The zero-order valence-electron chi connectivity index (χ0n) is 9.17. The average Bonchev–Trinajstić information content (AvgIpc) is 2.30. The van der Waals surface area contributed by atoms with Gasteiger partial charge in [0, 0.05) is 12.5 Å². The van der Waals surface area contributed by atoms with Gasteiger partial charge in [0.05, 0.1) is 0 Å². The van der Waals surface area contributed by atoms with E-state index < -0.39 is 0 Å². The lowest BCUT2D eigenvalue weighted by Gasteiger charge is -2.37. The van der Waals surface area contributed by atoms with Crippen LogP contribution in [0.4, 0.5) is 0 Å². The predicted molar refractivity (Wildman–Crippen MR) is 57.2 cm³/mol. The van der Waals surface area contributed by atoms with Gasteiger partial charge in [-0.25, -0.2) is 0 Å². The lowest BCUT2D eigenvalue weighted by Crippen LogP contribution is -2.47. The minimum absolute atomic E-state index is 0.350. The maximum Gasteiger partial charge on any atom is 0.111 e. The van der Waals surface area contributed by atoms with Gasteiger partial charge < -0.3 is 9.64 Å². The van der Waals surface area contributed by atoms with E-state index in [1.807, 2.05) is 0 Å². The summed E-state index contributed by atoms with van der Waals surface area (Å²) in [7, 11) is 0. The molecule has 1 N–H and O–H groups in total. The predicted octanol–water partition coefficient (Wildman–Crippen LogP) is 1.05. The summed E-state index contributed by atoms with van der Waals surface area (Å²) in [4.78, 5) is 2.53. The van der Waals surface area contributed by atoms with Gasteiger partial charge in [-0.3, -0.25) is 5.32 Å². The molecular weight excluding hydrogens is 176 g/mol. The Hall–Kier alpha value is -0.120. The number of nitrogens with zero attached hydrogens (tertiary/aromatic N) is 1. The first-order valence-electron chi connectivity index (χ1n) is 5.97. The highest BCUT2D eigenvalue weighted by Crippen LogP contribution is 2.22. The molecule has 1 atom stereocenters. The summed E-state index contributed by atoms with van der Waals surface area (Å²) >= 11 is 0. The maximum absolute atomic E-state index is 5.76. The van der Waals surface area contributed by atoms with Crippen LogP contribution in [0.5, 0.6) is 0 Å². The Balaban J connectivity index is 1.76. The third-order valence-corrected chi connectivity index (χ3v) is 3.47. The second kappa shape index (κ2) is 5.10. The minimum Gasteiger partial charge on any atom is -0.363 e. The maximum atomic E-state index is 5.76. The highest BCUT2D eigenvalue weighted by Gasteiger charge is 2.27. The van der Waals surface area contributed by atoms with Crippen molar-refractivity contribution >= 4 is 0 Å². The molecule has 14 heavy (non-hydrogen) atoms. The summed E-state index contributed by atoms with van der Waals surface area (Å²) < 4.78 is 5.76. The van der Waals surface area contributed by atoms with Crippen LogP contribution in [0.1, 0.15) is 26.2 Å². The second-order valence-electron chi connectivity index (χ2n) is 4.37. The third-order valence-electron chi connectivity index (χ3n) is 3.47. The van der Waals surface area contributed by atoms with Crippen molar-refractivity contribution in [2.45, 2.75) is 32.4 Å². The number of ether oxygens (including phenoxy) is 1. The number of hydrogen-bond donors (Lipinski definition) is 1. The Morgan fingerprint density at radius 3 is 2.71 bits per heavy atom. The van der Waals surface area contributed by atoms with Crippen molar-refractivity contribution in [2.24, 2.45) is 5.92 Å². The van der Waals surface area contributed by atoms with Gasteiger partial charge in [0.2, 0.25) is 0 Å². The molecule has 2 aliphatic heterocycles. The smallest absolute Gasteiger partial charge is 0.111 e. The van der Waals surface area contributed by atoms with Gasteiger partial charge in [-0.2, -0.15) is 0 Å². The summed E-state index contributed by atoms with van der Waals surface area (Å²) in [5.41, 5.74) is 0. The van der Waals surface area contributed by atoms with E-state index in [2.05, 4.69) is 17.1 Å². The molecule has 0 radical (unpaired) electrons. The fraction of sp³-hybridized carbons (Fsp3) is 1.00. The van der Waals surface area contributed by atoms with Crippen molar-refractivity contribution in [1.29, 1.82) is 0 Å². The molecule has 0 aromatic carbocycles. The second-order valence-corrected chi connectivity index (χ2v) is 4.37. The van der Waals surface area contributed by atoms with Crippen molar-refractivity contribution in [2.75, 3.05) is 32.8 Å². The summed E-state index contributed by atoms with van der Waals surface area (Å²) in [5.74, 6) is 0.748. The van der Waals surface area contributed by atoms with Crippen LogP contribution >= 0.6 is 0 Å². The average molecular weight is 198 g/mol. The standard InChI is InChI=1S/C11H22N2O/c1-2-13-7-4-10(5-8-13)11-12-6-3-9-14-11/h10-12H,2-9H2,1H3. The lowest BCUT2D eigenvalue weighted by atomic mass is 9.94. The highest BCUT2D eigenvalue weighted by molar-refractivity contribution is 4.78. The molecule has 1 unspecified atom stereocenters. The number of hydrogen-bond acceptors (Lipinski definition) is 3. The van der Waals surface area contributed by atoms with Crippen molar-refractivity contribution < 1.29 is 4.74 Å². The molecule has 2 saturated heterocycles. The van der Waals surface area contributed by atoms with Crippen LogP contribution in [0.15, 0.2) is 0 Å². The SMILES string of the molecule is CCN1CCC(C2NCCCO2)CC1. The molecule has 82 valence electrons. The fourth-order valence-corrected chi connectivity index (χ4v) is 2.46. The molecule has 0 aliphatic carbocycles. The monoisotopic (exact) mass is 198 g/mol. The molecule has 3 nitrogen and oxygen atoms in total. The van der Waals surface area contributed by atoms with Crippen molar-refractivity contribution in [3.63, 3.8) is 0 Å². The van der Waals surface area contributed by atoms with Crippen LogP contribution in [0.2, 0.25) is 0 Å². The molecule has 0 spiro atoms. The minimum atomic E-state index is 0.350. The Morgan fingerprint density at radius 1 is 1.36 bits per heavy atom. The van der Waals surface area contributed by atoms with Crippen LogP contribution in [0.3, 0.4) is 0 Å². The van der Waals surface area contributed by atoms with Crippen LogP contribution in [-0.4, -0.2) is 43.9 Å². The van der Waals surface area contributed by atoms with Crippen LogP contribution in [-0.2, 0) is 4.74 Å². The largest absolute Gasteiger partial charge is 0.363 e. The van der Waals surface area contributed by atoms with Gasteiger partial charge in [0.15, 0.2) is 0 Å². The number of piperidine rings is 1. The van der Waals surface area contributed by atoms with Crippen LogP contribution in [0.25, 0.3) is 0 Å². The third kappa shape index (κ3) is 2.47. The van der Waals surface area contributed by atoms with E-state index in [4.69, 9.17) is 4.74 Å². The van der Waals surface area contributed by atoms with E-state index in [1.165, 1.54) is 38.9 Å². The van der Waals surface area contributed by atoms with Gasteiger partial charge in [-0.1, -0.05) is 6.92 Å². The van der Waals surface area contributed by atoms with Gasteiger partial charge in [-0.05, 0) is 45.4 Å². The van der Waals surface area contributed by atoms with Crippen molar-refractivity contribution in [1.82, 2.24) is 10.2 Å². The lowest BCUT2D eigenvalue weighted by molar-refractivity contribution is -0.0512. The molecule has 2 fully saturated rings. The van der Waals surface area contributed by atoms with Crippen LogP contribution in [0, 0.1) is 5.92 Å². The quantitative estimate of drug-likeness (QED) is 0.718. The van der Waals surface area contributed by atoms with Crippen molar-refractivity contribution in [3.8, 4) is 0 Å². The molecule has 0 amide bonds. The highest BCUT2D eigenvalue weighted by atomic mass is 16.5. The molecule has 2 rings (SSSR count). The molecule has 3 heteroatoms. The van der Waals surface area contributed by atoms with E-state index in [-0.39, 0.29) is 0 Å². The van der Waals surface area contributed by atoms with Gasteiger partial charge >= 0.3 is 0 Å². The van der Waals surface area contributed by atoms with E-state index in [0.717, 1.165) is 19.1 Å². The number of rotatable bonds is 2. The molecule has 0 saturated carbocycles. The zero-order chi connectivity index (χ0) is 9.80. The van der Waals surface area contributed by atoms with E-state index in [9.17, 15) is 0 Å². The topological polar surface area (TPSA) is 24.5 Å². The molecule has 0 bridgehead atoms. The van der Waals surface area contributed by atoms with E-state index >= 15 is 0 Å². The normalized spacial score (nSPS) is 31.9. The molecular formula is C11H22N2O. The van der Waals surface area contributed by atoms with Gasteiger partial charge in [-0.15, -0.1) is 0 Å². The Morgan fingerprint density at radius 2 is 2.14 bits per heavy atom. The summed E-state index contributed by atoms with van der Waals surface area (Å²) in [6.07, 6.45) is 4.11. The molecule has 0 aromatic heterocycles. The zero-order valence-corrected chi connectivity index (χ0v) is 9.17. The summed E-state index contributed by atoms with van der Waals surface area (Å²) in [6.45, 7) is 8.04. The Bertz CT molecular complexity index is 161. The Labute approximate surface area is 86.8 Å². The van der Waals surface area contributed by atoms with E-state index in [0.29, 0.717) is 6.23 Å². The van der Waals surface area contributed by atoms with Crippen LogP contribution < -0.4 is 5.32 Å². The Kier molecular flexibility index (Phi) is 3.79. The number of nitrogens with one attached hydrogen (secondary N) is 1. The first kappa shape index (κ1) is 10.4. The first-order valence-corrected chi connectivity index (χ1v) is 5.97. The van der Waals surface area contributed by atoms with Gasteiger partial charge in [0.1, 0.15) is 6.23 Å². The molecule has 2 heterocycles. The summed E-state index contributed by atoms with van der Waals surface area (Å²) in [5, 5.41) is 3.48. The first-order chi connectivity index (χ1) is 6.90. The fourth-order valence-electron chi connectivity index (χ4n) is 2.46. The molecule has 2 aliphatic rings. The van der Waals surface area contributed by atoms with Gasteiger partial charge in [0.25, 0.3) is 0 Å².